The van der Waals surface area contributed by atoms with Crippen molar-refractivity contribution >= 4 is 47.1 Å². The summed E-state index contributed by atoms with van der Waals surface area (Å²) in [5.74, 6) is -2.49. The van der Waals surface area contributed by atoms with Crippen molar-refractivity contribution in [1.82, 2.24) is 4.98 Å². The number of nitrogens with one attached hydrogen (secondary N) is 1. The zero-order valence-electron chi connectivity index (χ0n) is 27.7. The van der Waals surface area contributed by atoms with E-state index in [9.17, 15) is 23.5 Å². The molecule has 250 valence electrons. The smallest absolute Gasteiger partial charge is 0.306 e. The molecule has 0 aromatic carbocycles. The maximum Gasteiger partial charge on any atom is 0.306 e. The van der Waals surface area contributed by atoms with Gasteiger partial charge in [0.15, 0.2) is 5.83 Å². The maximum absolute atomic E-state index is 15.1. The van der Waals surface area contributed by atoms with E-state index in [0.29, 0.717) is 57.1 Å². The lowest BCUT2D eigenvalue weighted by Crippen LogP contribution is -2.14. The molecule has 4 aliphatic heterocycles. The van der Waals surface area contributed by atoms with Gasteiger partial charge in [0.1, 0.15) is 0 Å². The molecule has 2 N–H and O–H groups in total. The number of nitrogens with zero attached hydrogens (tertiary/aromatic N) is 3. The Labute approximate surface area is 275 Å². The Hall–Kier alpha value is -5.26. The van der Waals surface area contributed by atoms with Crippen molar-refractivity contribution in [3.8, 4) is 0 Å². The zero-order valence-corrected chi connectivity index (χ0v) is 27.7. The number of esters is 2. The van der Waals surface area contributed by atoms with Crippen LogP contribution in [0.3, 0.4) is 0 Å². The van der Waals surface area contributed by atoms with Gasteiger partial charge in [-0.2, -0.15) is 8.78 Å². The molecule has 5 rings (SSSR count). The lowest BCUT2D eigenvalue weighted by Gasteiger charge is -2.08. The van der Waals surface area contributed by atoms with Crippen LogP contribution in [0.15, 0.2) is 89.5 Å². The van der Waals surface area contributed by atoms with Gasteiger partial charge in [-0.15, -0.1) is 0 Å². The number of H-pyrrole nitrogens is 1. The standard InChI is InChI=1S/C36H35F3N4O5/c1-16-21(8-10-31(45)47-6)27-15-28-22(9-11-32(46)48-7)17(2)24(41-28)13-29-33(20(5)44)18(3)26(42-29)14-30-34(35(37)36(38)39)19(4)25(43-30)12-23(16)40-27/h12-15,43-44H,8-11H2,1-7H3/b24-13?,25-12?,27-15?,30-14?,33-20-. The van der Waals surface area contributed by atoms with Crippen molar-refractivity contribution in [3.05, 3.63) is 96.3 Å². The Bertz CT molecular complexity index is 2110. The molecular weight excluding hydrogens is 625 g/mol. The van der Waals surface area contributed by atoms with Crippen LogP contribution >= 0.6 is 0 Å². The number of aliphatic hydroxyl groups is 1. The zero-order chi connectivity index (χ0) is 35.0. The van der Waals surface area contributed by atoms with E-state index in [1.807, 2.05) is 13.8 Å². The van der Waals surface area contributed by atoms with Gasteiger partial charge in [-0.05, 0) is 105 Å². The third-order valence-corrected chi connectivity index (χ3v) is 8.82. The average molecular weight is 661 g/mol. The summed E-state index contributed by atoms with van der Waals surface area (Å²) in [7, 11) is 2.63. The summed E-state index contributed by atoms with van der Waals surface area (Å²) in [6.45, 7) is 8.47. The maximum atomic E-state index is 15.1. The topological polar surface area (TPSA) is 126 Å². The van der Waals surface area contributed by atoms with Gasteiger partial charge in [-0.3, -0.25) is 9.59 Å². The van der Waals surface area contributed by atoms with Crippen LogP contribution < -0.4 is 10.7 Å². The number of fused-ring (bicyclic) bond motifs is 5. The van der Waals surface area contributed by atoms with Crippen LogP contribution in [0.4, 0.5) is 13.2 Å². The summed E-state index contributed by atoms with van der Waals surface area (Å²) in [4.78, 5) is 41.9. The number of rotatable bonds is 7. The SMILES string of the molecule is COC(=O)CCC1=C(C)C2=NC1=CC1=NC(=CC3=NC(=C(C)/C3=C(\C)O)C=c3[nH]c(c(C)c3C(F)=C(F)F)=C2)C(C)=C1CCC(=O)OC. The molecular formula is C36H35F3N4O5. The van der Waals surface area contributed by atoms with E-state index in [1.54, 1.807) is 25.2 Å². The number of carbonyl (C=O) groups is 2. The van der Waals surface area contributed by atoms with Crippen LogP contribution in [0, 0.1) is 6.92 Å². The Kier molecular flexibility index (Phi) is 9.56. The van der Waals surface area contributed by atoms with E-state index in [4.69, 9.17) is 24.5 Å². The number of aromatic amines is 1. The number of methoxy groups -OCH3 is 2. The van der Waals surface area contributed by atoms with Crippen molar-refractivity contribution in [3.63, 3.8) is 0 Å². The van der Waals surface area contributed by atoms with Gasteiger partial charge in [-0.1, -0.05) is 0 Å². The number of aromatic nitrogens is 1. The number of hydrogen-bond acceptors (Lipinski definition) is 8. The highest BCUT2D eigenvalue weighted by Gasteiger charge is 2.28. The molecule has 0 fully saturated rings. The molecule has 0 spiro atoms. The second-order valence-corrected chi connectivity index (χ2v) is 11.7. The fraction of sp³-hybridized carbons (Fsp3) is 0.306. The van der Waals surface area contributed by atoms with Gasteiger partial charge < -0.3 is 19.6 Å². The molecule has 0 saturated heterocycles. The average Bonchev–Trinajstić information content (AvgIpc) is 3.71. The van der Waals surface area contributed by atoms with Gasteiger partial charge in [0, 0.05) is 29.3 Å². The summed E-state index contributed by atoms with van der Waals surface area (Å²) in [6.07, 6.45) is 4.93. The lowest BCUT2D eigenvalue weighted by atomic mass is 9.96. The second-order valence-electron chi connectivity index (χ2n) is 11.7. The fourth-order valence-corrected chi connectivity index (χ4v) is 6.16. The predicted molar refractivity (Wildman–Crippen MR) is 178 cm³/mol. The summed E-state index contributed by atoms with van der Waals surface area (Å²) < 4.78 is 52.3. The van der Waals surface area contributed by atoms with Crippen molar-refractivity contribution in [2.75, 3.05) is 14.2 Å². The Balaban J connectivity index is 1.85. The van der Waals surface area contributed by atoms with Gasteiger partial charge in [0.2, 0.25) is 0 Å². The van der Waals surface area contributed by atoms with Crippen LogP contribution in [-0.2, 0) is 19.1 Å². The van der Waals surface area contributed by atoms with Gasteiger partial charge in [-0.25, -0.2) is 19.4 Å². The van der Waals surface area contributed by atoms with Gasteiger partial charge in [0.25, 0.3) is 0 Å². The fourth-order valence-electron chi connectivity index (χ4n) is 6.16. The number of aliphatic hydroxyl groups excluding tert-OH is 1. The van der Waals surface area contributed by atoms with E-state index in [-0.39, 0.29) is 47.5 Å². The molecule has 5 heterocycles. The van der Waals surface area contributed by atoms with Crippen LogP contribution in [0.5, 0.6) is 0 Å². The monoisotopic (exact) mass is 660 g/mol. The highest BCUT2D eigenvalue weighted by molar-refractivity contribution is 6.24. The van der Waals surface area contributed by atoms with Crippen LogP contribution in [0.2, 0.25) is 0 Å². The molecule has 1 aromatic heterocycles. The second kappa shape index (κ2) is 13.5. The Morgan fingerprint density at radius 3 is 1.96 bits per heavy atom. The molecule has 0 aliphatic carbocycles. The molecule has 9 nitrogen and oxygen atoms in total. The summed E-state index contributed by atoms with van der Waals surface area (Å²) in [5.41, 5.74) is 6.65. The highest BCUT2D eigenvalue weighted by Crippen LogP contribution is 2.36. The van der Waals surface area contributed by atoms with Crippen LogP contribution in [-0.4, -0.2) is 53.4 Å². The lowest BCUT2D eigenvalue weighted by molar-refractivity contribution is -0.141. The molecule has 0 radical (unpaired) electrons. The van der Waals surface area contributed by atoms with E-state index in [1.165, 1.54) is 34.1 Å². The summed E-state index contributed by atoms with van der Waals surface area (Å²) >= 11 is 0. The number of hydrogen-bond donors (Lipinski definition) is 2. The highest BCUT2D eigenvalue weighted by atomic mass is 19.3. The number of carbonyl (C=O) groups excluding carboxylic acids is 2. The number of halogens is 3. The molecule has 0 saturated carbocycles. The first-order valence-corrected chi connectivity index (χ1v) is 15.2. The molecule has 0 atom stereocenters. The summed E-state index contributed by atoms with van der Waals surface area (Å²) in [5, 5.41) is 11.1. The molecule has 8 bridgehead atoms. The van der Waals surface area contributed by atoms with Crippen molar-refractivity contribution < 1.29 is 37.3 Å². The van der Waals surface area contributed by atoms with Crippen molar-refractivity contribution in [1.29, 1.82) is 0 Å². The summed E-state index contributed by atoms with van der Waals surface area (Å²) in [6, 6.07) is 0. The predicted octanol–water partition coefficient (Wildman–Crippen LogP) is 6.21. The minimum Gasteiger partial charge on any atom is -0.512 e. The van der Waals surface area contributed by atoms with E-state index in [2.05, 4.69) is 4.98 Å². The molecule has 0 unspecified atom stereocenters. The Morgan fingerprint density at radius 2 is 1.35 bits per heavy atom. The largest absolute Gasteiger partial charge is 0.512 e. The van der Waals surface area contributed by atoms with Gasteiger partial charge in [0.05, 0.1) is 59.6 Å². The normalized spacial score (nSPS) is 18.1. The Morgan fingerprint density at radius 1 is 0.750 bits per heavy atom. The number of aliphatic imine (C=N–C) groups is 3. The van der Waals surface area contributed by atoms with Gasteiger partial charge >= 0.3 is 18.0 Å². The molecule has 4 aliphatic rings. The number of ether oxygens (including phenoxy) is 2. The number of allylic oxidation sites excluding steroid dienone is 10. The quantitative estimate of drug-likeness (QED) is 0.266. The van der Waals surface area contributed by atoms with E-state index < -0.39 is 17.9 Å². The third-order valence-electron chi connectivity index (χ3n) is 8.82. The third kappa shape index (κ3) is 6.34. The van der Waals surface area contributed by atoms with Crippen molar-refractivity contribution in [2.45, 2.75) is 60.3 Å². The molecule has 1 aromatic rings. The van der Waals surface area contributed by atoms with Crippen LogP contribution in [0.1, 0.15) is 64.5 Å². The molecule has 48 heavy (non-hydrogen) atoms. The van der Waals surface area contributed by atoms with Crippen LogP contribution in [0.25, 0.3) is 18.0 Å². The van der Waals surface area contributed by atoms with E-state index >= 15 is 4.39 Å². The first kappa shape index (κ1) is 34.1. The first-order valence-electron chi connectivity index (χ1n) is 15.2. The minimum absolute atomic E-state index is 0.0255. The van der Waals surface area contributed by atoms with E-state index in [0.717, 1.165) is 22.3 Å². The minimum atomic E-state index is -2.47. The first-order chi connectivity index (χ1) is 22.7. The molecule has 0 amide bonds. The molecule has 12 heteroatoms. The van der Waals surface area contributed by atoms with Crippen molar-refractivity contribution in [2.24, 2.45) is 15.0 Å².